The van der Waals surface area contributed by atoms with E-state index in [9.17, 15) is 0 Å². The van der Waals surface area contributed by atoms with Crippen molar-refractivity contribution in [2.75, 3.05) is 0 Å². The Morgan fingerprint density at radius 3 is 2.50 bits per heavy atom. The second kappa shape index (κ2) is 4.55. The van der Waals surface area contributed by atoms with Gasteiger partial charge in [0.15, 0.2) is 0 Å². The number of rotatable bonds is 5. The highest BCUT2D eigenvalue weighted by Crippen LogP contribution is 2.13. The van der Waals surface area contributed by atoms with Crippen LogP contribution in [0.3, 0.4) is 0 Å². The van der Waals surface area contributed by atoms with Gasteiger partial charge in [0, 0.05) is 12.6 Å². The van der Waals surface area contributed by atoms with Crippen molar-refractivity contribution in [2.24, 2.45) is 7.05 Å². The minimum Gasteiger partial charge on any atom is -0.320 e. The lowest BCUT2D eigenvalue weighted by Crippen LogP contribution is -2.41. The van der Waals surface area contributed by atoms with Crippen molar-refractivity contribution in [1.82, 2.24) is 20.1 Å². The van der Waals surface area contributed by atoms with Gasteiger partial charge in [0.05, 0.1) is 6.54 Å². The zero-order chi connectivity index (χ0) is 10.6. The van der Waals surface area contributed by atoms with Crippen LogP contribution < -0.4 is 5.32 Å². The predicted octanol–water partition coefficient (Wildman–Crippen LogP) is 1.48. The van der Waals surface area contributed by atoms with Crippen LogP contribution >= 0.6 is 0 Å². The molecule has 4 heteroatoms. The largest absolute Gasteiger partial charge is 0.320 e. The third kappa shape index (κ3) is 2.54. The zero-order valence-electron chi connectivity index (χ0n) is 9.54. The summed E-state index contributed by atoms with van der Waals surface area (Å²) in [6.45, 7) is 7.43. The summed E-state index contributed by atoms with van der Waals surface area (Å²) >= 11 is 0. The average Bonchev–Trinajstić information content (AvgIpc) is 2.61. The van der Waals surface area contributed by atoms with E-state index in [1.807, 2.05) is 11.6 Å². The van der Waals surface area contributed by atoms with Crippen LogP contribution in [0.25, 0.3) is 0 Å². The van der Waals surface area contributed by atoms with Crippen LogP contribution in [0.1, 0.15) is 39.4 Å². The number of nitrogens with one attached hydrogen (secondary N) is 1. The summed E-state index contributed by atoms with van der Waals surface area (Å²) in [7, 11) is 1.96. The van der Waals surface area contributed by atoms with Gasteiger partial charge in [0.1, 0.15) is 12.2 Å². The molecule has 0 atom stereocenters. The summed E-state index contributed by atoms with van der Waals surface area (Å²) in [5, 5.41) is 11.4. The lowest BCUT2D eigenvalue weighted by atomic mass is 9.96. The Bertz CT molecular complexity index is 275. The van der Waals surface area contributed by atoms with E-state index in [2.05, 4.69) is 36.3 Å². The summed E-state index contributed by atoms with van der Waals surface area (Å²) < 4.78 is 1.94. The van der Waals surface area contributed by atoms with Gasteiger partial charge in [-0.3, -0.25) is 0 Å². The van der Waals surface area contributed by atoms with E-state index in [1.54, 1.807) is 6.33 Å². The number of hydrogen-bond acceptors (Lipinski definition) is 3. The molecule has 1 heterocycles. The van der Waals surface area contributed by atoms with Crippen LogP contribution in [0.2, 0.25) is 0 Å². The number of aryl methyl sites for hydroxylation is 1. The zero-order valence-corrected chi connectivity index (χ0v) is 9.54. The van der Waals surface area contributed by atoms with Crippen molar-refractivity contribution >= 4 is 0 Å². The summed E-state index contributed by atoms with van der Waals surface area (Å²) in [6.07, 6.45) is 3.98. The standard InChI is InChI=1S/C10H20N4/c1-5-10(3,6-2)11-7-9-13-12-8-14(9)4/h8,11H,5-7H2,1-4H3. The maximum Gasteiger partial charge on any atom is 0.146 e. The summed E-state index contributed by atoms with van der Waals surface area (Å²) in [4.78, 5) is 0. The fraction of sp³-hybridized carbons (Fsp3) is 0.800. The van der Waals surface area contributed by atoms with Gasteiger partial charge in [0.2, 0.25) is 0 Å². The normalized spacial score (nSPS) is 12.0. The molecule has 0 aromatic carbocycles. The molecule has 1 N–H and O–H groups in total. The van der Waals surface area contributed by atoms with Gasteiger partial charge in [-0.1, -0.05) is 13.8 Å². The van der Waals surface area contributed by atoms with E-state index in [0.29, 0.717) is 0 Å². The molecule has 0 aliphatic heterocycles. The second-order valence-electron chi connectivity index (χ2n) is 3.98. The van der Waals surface area contributed by atoms with Crippen molar-refractivity contribution in [3.8, 4) is 0 Å². The highest BCUT2D eigenvalue weighted by molar-refractivity contribution is 4.88. The smallest absolute Gasteiger partial charge is 0.146 e. The molecule has 1 rings (SSSR count). The molecule has 1 aromatic heterocycles. The molecule has 0 bridgehead atoms. The van der Waals surface area contributed by atoms with Crippen LogP contribution in [0, 0.1) is 0 Å². The topological polar surface area (TPSA) is 42.7 Å². The van der Waals surface area contributed by atoms with Gasteiger partial charge in [-0.25, -0.2) is 0 Å². The second-order valence-corrected chi connectivity index (χ2v) is 3.98. The summed E-state index contributed by atoms with van der Waals surface area (Å²) in [5.41, 5.74) is 0.214. The van der Waals surface area contributed by atoms with Gasteiger partial charge in [-0.15, -0.1) is 10.2 Å². The molecular formula is C10H20N4. The predicted molar refractivity (Wildman–Crippen MR) is 56.8 cm³/mol. The third-order valence-corrected chi connectivity index (χ3v) is 3.04. The Kier molecular flexibility index (Phi) is 3.63. The maximum atomic E-state index is 4.04. The molecule has 0 fully saturated rings. The van der Waals surface area contributed by atoms with E-state index in [0.717, 1.165) is 25.2 Å². The van der Waals surface area contributed by atoms with Crippen molar-refractivity contribution in [3.63, 3.8) is 0 Å². The van der Waals surface area contributed by atoms with Gasteiger partial charge in [-0.2, -0.15) is 0 Å². The van der Waals surface area contributed by atoms with Gasteiger partial charge in [-0.05, 0) is 19.8 Å². The van der Waals surface area contributed by atoms with Crippen molar-refractivity contribution in [2.45, 2.75) is 45.7 Å². The number of nitrogens with zero attached hydrogens (tertiary/aromatic N) is 3. The number of hydrogen-bond donors (Lipinski definition) is 1. The van der Waals surface area contributed by atoms with Crippen LogP contribution in [-0.2, 0) is 13.6 Å². The van der Waals surface area contributed by atoms with E-state index < -0.39 is 0 Å². The fourth-order valence-corrected chi connectivity index (χ4v) is 1.26. The van der Waals surface area contributed by atoms with Crippen LogP contribution in [-0.4, -0.2) is 20.3 Å². The molecule has 0 amide bonds. The number of aromatic nitrogens is 3. The Balaban J connectivity index is 2.52. The molecular weight excluding hydrogens is 176 g/mol. The Morgan fingerprint density at radius 1 is 1.43 bits per heavy atom. The van der Waals surface area contributed by atoms with E-state index in [-0.39, 0.29) is 5.54 Å². The molecule has 0 unspecified atom stereocenters. The first kappa shape index (κ1) is 11.2. The van der Waals surface area contributed by atoms with E-state index in [1.165, 1.54) is 0 Å². The molecule has 0 radical (unpaired) electrons. The maximum absolute atomic E-state index is 4.04. The average molecular weight is 196 g/mol. The molecule has 80 valence electrons. The van der Waals surface area contributed by atoms with Crippen molar-refractivity contribution < 1.29 is 0 Å². The third-order valence-electron chi connectivity index (χ3n) is 3.04. The van der Waals surface area contributed by atoms with Gasteiger partial charge < -0.3 is 9.88 Å². The van der Waals surface area contributed by atoms with E-state index >= 15 is 0 Å². The SMILES string of the molecule is CCC(C)(CC)NCc1nncn1C. The quantitative estimate of drug-likeness (QED) is 0.775. The minimum absolute atomic E-state index is 0.214. The first-order valence-corrected chi connectivity index (χ1v) is 5.19. The van der Waals surface area contributed by atoms with Gasteiger partial charge in [0.25, 0.3) is 0 Å². The molecule has 4 nitrogen and oxygen atoms in total. The molecule has 0 aliphatic rings. The first-order valence-electron chi connectivity index (χ1n) is 5.19. The minimum atomic E-state index is 0.214. The lowest BCUT2D eigenvalue weighted by molar-refractivity contribution is 0.324. The van der Waals surface area contributed by atoms with Crippen molar-refractivity contribution in [1.29, 1.82) is 0 Å². The fourth-order valence-electron chi connectivity index (χ4n) is 1.26. The molecule has 1 aromatic rings. The Hall–Kier alpha value is -0.900. The van der Waals surface area contributed by atoms with E-state index in [4.69, 9.17) is 0 Å². The summed E-state index contributed by atoms with van der Waals surface area (Å²) in [6, 6.07) is 0. The molecule has 0 aliphatic carbocycles. The highest BCUT2D eigenvalue weighted by Gasteiger charge is 2.18. The highest BCUT2D eigenvalue weighted by atomic mass is 15.3. The monoisotopic (exact) mass is 196 g/mol. The Labute approximate surface area is 85.7 Å². The molecule has 0 saturated carbocycles. The van der Waals surface area contributed by atoms with Crippen LogP contribution in [0.15, 0.2) is 6.33 Å². The lowest BCUT2D eigenvalue weighted by Gasteiger charge is -2.28. The first-order chi connectivity index (χ1) is 6.61. The summed E-state index contributed by atoms with van der Waals surface area (Å²) in [5.74, 6) is 0.984. The van der Waals surface area contributed by atoms with Gasteiger partial charge >= 0.3 is 0 Å². The van der Waals surface area contributed by atoms with Crippen molar-refractivity contribution in [3.05, 3.63) is 12.2 Å². The Morgan fingerprint density at radius 2 is 2.07 bits per heavy atom. The van der Waals surface area contributed by atoms with Crippen LogP contribution in [0.4, 0.5) is 0 Å². The van der Waals surface area contributed by atoms with Crippen LogP contribution in [0.5, 0.6) is 0 Å². The molecule has 0 saturated heterocycles. The molecule has 14 heavy (non-hydrogen) atoms. The molecule has 0 spiro atoms.